The second-order valence-electron chi connectivity index (χ2n) is 9.76. The Labute approximate surface area is 257 Å². The number of aliphatic hydroxyl groups excluding tert-OH is 3. The molecular formula is C32H39Cl2NO7. The molecule has 0 saturated heterocycles. The predicted molar refractivity (Wildman–Crippen MR) is 163 cm³/mol. The number of unbranched alkanes of at least 4 members (excludes halogenated alkanes) is 3. The van der Waals surface area contributed by atoms with Crippen LogP contribution in [-0.4, -0.2) is 54.2 Å². The van der Waals surface area contributed by atoms with Gasteiger partial charge in [0.25, 0.3) is 0 Å². The van der Waals surface area contributed by atoms with Gasteiger partial charge in [-0.15, -0.1) is 0 Å². The molecule has 8 nitrogen and oxygen atoms in total. The van der Waals surface area contributed by atoms with Crippen LogP contribution in [0.2, 0.25) is 10.0 Å². The highest BCUT2D eigenvalue weighted by Gasteiger charge is 2.21. The molecule has 3 aromatic rings. The highest BCUT2D eigenvalue weighted by atomic mass is 35.5. The van der Waals surface area contributed by atoms with E-state index in [1.165, 1.54) is 6.07 Å². The number of rotatable bonds is 19. The van der Waals surface area contributed by atoms with Crippen LogP contribution in [0.4, 0.5) is 0 Å². The SMILES string of the molecule is O=C(Oc1ccc([C@@H](O)CNCCCCCCOCCOCc2c(Cl)cccc2Cl)cc1CO)[C@H](O)c1ccccc1. The lowest BCUT2D eigenvalue weighted by Crippen LogP contribution is -2.23. The van der Waals surface area contributed by atoms with Crippen molar-refractivity contribution in [3.05, 3.63) is 99.0 Å². The molecule has 0 radical (unpaired) electrons. The van der Waals surface area contributed by atoms with Gasteiger partial charge in [-0.3, -0.25) is 0 Å². The Morgan fingerprint density at radius 3 is 2.26 bits per heavy atom. The Kier molecular flexibility index (Phi) is 15.3. The van der Waals surface area contributed by atoms with Crippen LogP contribution >= 0.6 is 23.2 Å². The molecule has 3 aromatic carbocycles. The minimum Gasteiger partial charge on any atom is -0.424 e. The molecule has 0 aliphatic heterocycles. The summed E-state index contributed by atoms with van der Waals surface area (Å²) in [4.78, 5) is 12.4. The standard InChI is InChI=1S/C32H39Cl2NO7/c33-27-11-8-12-28(34)26(27)22-41-18-17-40-16-7-2-1-6-15-35-20-29(37)24-13-14-30(25(19-24)21-36)42-32(39)31(38)23-9-4-3-5-10-23/h3-5,8-14,19,29,31,35-38H,1-2,6-7,15-18,20-22H2/t29-,31+/m0/s1. The van der Waals surface area contributed by atoms with Gasteiger partial charge in [0.05, 0.1) is 32.5 Å². The van der Waals surface area contributed by atoms with Gasteiger partial charge in [0.2, 0.25) is 0 Å². The smallest absolute Gasteiger partial charge is 0.345 e. The molecule has 0 bridgehead atoms. The molecule has 0 aromatic heterocycles. The van der Waals surface area contributed by atoms with Gasteiger partial charge in [0.15, 0.2) is 6.10 Å². The molecule has 4 N–H and O–H groups in total. The highest BCUT2D eigenvalue weighted by Crippen LogP contribution is 2.26. The van der Waals surface area contributed by atoms with Gasteiger partial charge in [0, 0.05) is 34.3 Å². The topological polar surface area (TPSA) is 117 Å². The molecular weight excluding hydrogens is 581 g/mol. The van der Waals surface area contributed by atoms with E-state index in [0.29, 0.717) is 59.7 Å². The maximum Gasteiger partial charge on any atom is 0.345 e. The van der Waals surface area contributed by atoms with Crippen molar-refractivity contribution in [2.45, 2.75) is 51.1 Å². The van der Waals surface area contributed by atoms with Crippen molar-refractivity contribution in [2.75, 3.05) is 32.9 Å². The molecule has 0 spiro atoms. The summed E-state index contributed by atoms with van der Waals surface area (Å²) in [5.74, 6) is -0.707. The summed E-state index contributed by atoms with van der Waals surface area (Å²) in [6, 6.07) is 18.6. The van der Waals surface area contributed by atoms with E-state index in [2.05, 4.69) is 5.32 Å². The zero-order valence-corrected chi connectivity index (χ0v) is 25.0. The van der Waals surface area contributed by atoms with Crippen LogP contribution in [0.1, 0.15) is 60.1 Å². The molecule has 0 unspecified atom stereocenters. The number of esters is 1. The van der Waals surface area contributed by atoms with Gasteiger partial charge in [-0.1, -0.05) is 78.5 Å². The number of hydrogen-bond donors (Lipinski definition) is 4. The Morgan fingerprint density at radius 1 is 0.810 bits per heavy atom. The summed E-state index contributed by atoms with van der Waals surface area (Å²) < 4.78 is 16.5. The van der Waals surface area contributed by atoms with Crippen molar-refractivity contribution >= 4 is 29.2 Å². The molecule has 0 saturated carbocycles. The van der Waals surface area contributed by atoms with Crippen molar-refractivity contribution in [3.63, 3.8) is 0 Å². The minimum absolute atomic E-state index is 0.139. The molecule has 3 rings (SSSR count). The Hall–Kier alpha value is -2.53. The van der Waals surface area contributed by atoms with Crippen LogP contribution in [0.25, 0.3) is 0 Å². The van der Waals surface area contributed by atoms with E-state index in [9.17, 15) is 20.1 Å². The molecule has 0 amide bonds. The van der Waals surface area contributed by atoms with Crippen molar-refractivity contribution < 1.29 is 34.3 Å². The second kappa shape index (κ2) is 18.9. The fourth-order valence-electron chi connectivity index (χ4n) is 4.19. The van der Waals surface area contributed by atoms with E-state index >= 15 is 0 Å². The summed E-state index contributed by atoms with van der Waals surface area (Å²) >= 11 is 12.3. The van der Waals surface area contributed by atoms with Gasteiger partial charge in [-0.25, -0.2) is 4.79 Å². The normalized spacial score (nSPS) is 12.7. The summed E-state index contributed by atoms with van der Waals surface area (Å²) in [6.45, 7) is 2.73. The molecule has 2 atom stereocenters. The van der Waals surface area contributed by atoms with Crippen LogP contribution in [0.5, 0.6) is 5.75 Å². The Bertz CT molecular complexity index is 1210. The average molecular weight is 621 g/mol. The molecule has 0 heterocycles. The zero-order valence-electron chi connectivity index (χ0n) is 23.5. The van der Waals surface area contributed by atoms with E-state index in [1.807, 2.05) is 0 Å². The zero-order chi connectivity index (χ0) is 30.2. The summed E-state index contributed by atoms with van der Waals surface area (Å²) in [5.41, 5.74) is 2.14. The summed E-state index contributed by atoms with van der Waals surface area (Å²) in [6.07, 6.45) is 1.78. The minimum atomic E-state index is -1.44. The third-order valence-electron chi connectivity index (χ3n) is 6.60. The van der Waals surface area contributed by atoms with E-state index in [4.69, 9.17) is 37.4 Å². The number of aliphatic hydroxyl groups is 3. The molecule has 228 valence electrons. The largest absolute Gasteiger partial charge is 0.424 e. The number of hydrogen-bond acceptors (Lipinski definition) is 8. The fraction of sp³-hybridized carbons (Fsp3) is 0.406. The van der Waals surface area contributed by atoms with Gasteiger partial charge >= 0.3 is 5.97 Å². The van der Waals surface area contributed by atoms with Crippen LogP contribution in [0, 0.1) is 0 Å². The third-order valence-corrected chi connectivity index (χ3v) is 7.31. The van der Waals surface area contributed by atoms with Crippen LogP contribution in [0.15, 0.2) is 66.7 Å². The summed E-state index contributed by atoms with van der Waals surface area (Å²) in [7, 11) is 0. The Morgan fingerprint density at radius 2 is 1.52 bits per heavy atom. The maximum atomic E-state index is 12.4. The molecule has 0 aliphatic rings. The van der Waals surface area contributed by atoms with Gasteiger partial charge < -0.3 is 34.8 Å². The number of ether oxygens (including phenoxy) is 3. The molecule has 0 fully saturated rings. The predicted octanol–water partition coefficient (Wildman–Crippen LogP) is 5.54. The Balaban J connectivity index is 1.24. The van der Waals surface area contributed by atoms with E-state index < -0.39 is 18.2 Å². The van der Waals surface area contributed by atoms with E-state index in [0.717, 1.165) is 37.8 Å². The monoisotopic (exact) mass is 619 g/mol. The van der Waals surface area contributed by atoms with Gasteiger partial charge in [-0.05, 0) is 54.8 Å². The first-order chi connectivity index (χ1) is 20.4. The number of carbonyl (C=O) groups excluding carboxylic acids is 1. The highest BCUT2D eigenvalue weighted by molar-refractivity contribution is 6.35. The van der Waals surface area contributed by atoms with E-state index in [-0.39, 0.29) is 12.4 Å². The van der Waals surface area contributed by atoms with Crippen LogP contribution in [-0.2, 0) is 27.5 Å². The third kappa shape index (κ3) is 11.3. The lowest BCUT2D eigenvalue weighted by molar-refractivity contribution is -0.144. The van der Waals surface area contributed by atoms with E-state index in [1.54, 1.807) is 60.7 Å². The van der Waals surface area contributed by atoms with Gasteiger partial charge in [0.1, 0.15) is 5.75 Å². The molecule has 0 aliphatic carbocycles. The van der Waals surface area contributed by atoms with Gasteiger partial charge in [-0.2, -0.15) is 0 Å². The van der Waals surface area contributed by atoms with Crippen LogP contribution < -0.4 is 10.1 Å². The lowest BCUT2D eigenvalue weighted by atomic mass is 10.0. The van der Waals surface area contributed by atoms with Crippen molar-refractivity contribution in [1.82, 2.24) is 5.32 Å². The quantitative estimate of drug-likeness (QED) is 0.0785. The molecule has 10 heteroatoms. The number of benzene rings is 3. The lowest BCUT2D eigenvalue weighted by Gasteiger charge is -2.16. The molecule has 42 heavy (non-hydrogen) atoms. The van der Waals surface area contributed by atoms with Crippen molar-refractivity contribution in [2.24, 2.45) is 0 Å². The number of carbonyl (C=O) groups is 1. The van der Waals surface area contributed by atoms with Crippen LogP contribution in [0.3, 0.4) is 0 Å². The summed E-state index contributed by atoms with van der Waals surface area (Å²) in [5, 5.41) is 35.0. The fourth-order valence-corrected chi connectivity index (χ4v) is 4.70. The first-order valence-corrected chi connectivity index (χ1v) is 14.8. The second-order valence-corrected chi connectivity index (χ2v) is 10.6. The first kappa shape index (κ1) is 34.0. The number of halogens is 2. The first-order valence-electron chi connectivity index (χ1n) is 14.1. The average Bonchev–Trinajstić information content (AvgIpc) is 3.00. The maximum absolute atomic E-state index is 12.4. The van der Waals surface area contributed by atoms with Crippen molar-refractivity contribution in [3.8, 4) is 5.75 Å². The number of nitrogens with one attached hydrogen (secondary N) is 1. The van der Waals surface area contributed by atoms with Crippen molar-refractivity contribution in [1.29, 1.82) is 0 Å².